The fourth-order valence-corrected chi connectivity index (χ4v) is 2.70. The normalized spacial score (nSPS) is 9.72. The molecule has 0 radical (unpaired) electrons. The van der Waals surface area contributed by atoms with E-state index in [1.165, 1.54) is 23.4 Å². The van der Waals surface area contributed by atoms with Crippen LogP contribution >= 0.6 is 0 Å². The Morgan fingerprint density at radius 2 is 1.59 bits per heavy atom. The third-order valence-corrected chi connectivity index (χ3v) is 4.02. The van der Waals surface area contributed by atoms with Crippen molar-refractivity contribution in [1.29, 1.82) is 0 Å². The Kier molecular flexibility index (Phi) is 7.98. The number of hydrogen-bond donors (Lipinski definition) is 1. The predicted molar refractivity (Wildman–Crippen MR) is 106 cm³/mol. The molecule has 0 saturated heterocycles. The van der Waals surface area contributed by atoms with E-state index in [2.05, 4.69) is 53.3 Å². The molecule has 0 atom stereocenters. The van der Waals surface area contributed by atoms with E-state index in [-0.39, 0.29) is 26.8 Å². The summed E-state index contributed by atoms with van der Waals surface area (Å²) in [6.45, 7) is 4.18. The van der Waals surface area contributed by atoms with Gasteiger partial charge in [0.2, 0.25) is 0 Å². The number of aromatic nitrogens is 4. The van der Waals surface area contributed by atoms with Gasteiger partial charge >= 0.3 is 5.97 Å². The Morgan fingerprint density at radius 1 is 0.931 bits per heavy atom. The molecule has 4 aromatic rings. The van der Waals surface area contributed by atoms with Gasteiger partial charge in [-0.05, 0) is 55.1 Å². The first kappa shape index (κ1) is 22.2. The zero-order chi connectivity index (χ0) is 19.9. The zero-order valence-corrected chi connectivity index (χ0v) is 18.2. The second-order valence-electron chi connectivity index (χ2n) is 6.07. The van der Waals surface area contributed by atoms with Gasteiger partial charge < -0.3 is 14.8 Å². The molecule has 0 spiro atoms. The van der Waals surface area contributed by atoms with E-state index in [0.29, 0.717) is 0 Å². The summed E-state index contributed by atoms with van der Waals surface area (Å²) >= 11 is 0. The van der Waals surface area contributed by atoms with Gasteiger partial charge in [0.1, 0.15) is 5.69 Å². The van der Waals surface area contributed by atoms with Gasteiger partial charge in [0.05, 0.1) is 5.69 Å². The minimum Gasteiger partial charge on any atom is -0.477 e. The van der Waals surface area contributed by atoms with Crippen molar-refractivity contribution in [2.75, 3.05) is 0 Å². The Hall–Kier alpha value is -3.11. The van der Waals surface area contributed by atoms with E-state index >= 15 is 0 Å². The van der Waals surface area contributed by atoms with Crippen LogP contribution in [0.3, 0.4) is 0 Å². The first-order valence-corrected chi connectivity index (χ1v) is 8.66. The smallest absolute Gasteiger partial charge is 0.354 e. The van der Waals surface area contributed by atoms with Gasteiger partial charge in [0.25, 0.3) is 0 Å². The van der Waals surface area contributed by atoms with E-state index in [1.807, 2.05) is 29.1 Å². The molecular weight excluding hydrogens is 547 g/mol. The van der Waals surface area contributed by atoms with Crippen molar-refractivity contribution in [3.05, 3.63) is 96.2 Å². The predicted octanol–water partition coefficient (Wildman–Crippen LogP) is 4.13. The van der Waals surface area contributed by atoms with Gasteiger partial charge in [-0.15, -0.1) is 5.56 Å². The standard InChI is InChI=1S/C16H14N3.C6H5NO2.Pt/c1-12-6-5-7-13(2)16(12)19-11-14(10-18-19)15-8-3-4-9-17-15;8-6(9)5-3-1-2-4-7-5;/h3-9,11H,1-2H3;1-4H,(H,8,9);/q-1;;. The summed E-state index contributed by atoms with van der Waals surface area (Å²) in [5, 5.41) is 12.7. The van der Waals surface area contributed by atoms with Crippen molar-refractivity contribution >= 4 is 5.97 Å². The largest absolute Gasteiger partial charge is 0.477 e. The summed E-state index contributed by atoms with van der Waals surface area (Å²) in [4.78, 5) is 18.0. The van der Waals surface area contributed by atoms with Crippen LogP contribution in [-0.4, -0.2) is 30.8 Å². The first-order chi connectivity index (χ1) is 13.6. The quantitative estimate of drug-likeness (QED) is 0.378. The molecule has 3 aromatic heterocycles. The average Bonchev–Trinajstić information content (AvgIpc) is 3.19. The van der Waals surface area contributed by atoms with Crippen molar-refractivity contribution < 1.29 is 31.0 Å². The Labute approximate surface area is 183 Å². The van der Waals surface area contributed by atoms with E-state index in [4.69, 9.17) is 5.11 Å². The molecule has 4 rings (SSSR count). The summed E-state index contributed by atoms with van der Waals surface area (Å²) in [7, 11) is 0. The molecule has 3 heterocycles. The van der Waals surface area contributed by atoms with Gasteiger partial charge in [-0.1, -0.05) is 42.6 Å². The van der Waals surface area contributed by atoms with Crippen LogP contribution in [0.5, 0.6) is 0 Å². The number of carboxylic acid groups (broad SMARTS) is 1. The Bertz CT molecular complexity index is 1050. The van der Waals surface area contributed by atoms with Crippen molar-refractivity contribution in [1.82, 2.24) is 19.7 Å². The van der Waals surface area contributed by atoms with E-state index in [1.54, 1.807) is 18.3 Å². The van der Waals surface area contributed by atoms with Crippen molar-refractivity contribution in [2.45, 2.75) is 13.8 Å². The number of nitrogens with zero attached hydrogens (tertiary/aromatic N) is 4. The summed E-state index contributed by atoms with van der Waals surface area (Å²) in [5.41, 5.74) is 5.38. The number of hydrogen-bond acceptors (Lipinski definition) is 4. The van der Waals surface area contributed by atoms with E-state index < -0.39 is 5.97 Å². The molecule has 0 amide bonds. The van der Waals surface area contributed by atoms with Gasteiger partial charge in [-0.2, -0.15) is 0 Å². The number of rotatable bonds is 3. The Balaban J connectivity index is 0.000000255. The molecule has 0 aliphatic carbocycles. The third-order valence-electron chi connectivity index (χ3n) is 4.02. The second kappa shape index (κ2) is 10.4. The molecule has 29 heavy (non-hydrogen) atoms. The maximum absolute atomic E-state index is 10.1. The second-order valence-corrected chi connectivity index (χ2v) is 6.07. The molecular formula is C22H19N4O2Pt-. The molecule has 150 valence electrons. The molecule has 0 unspecified atom stereocenters. The monoisotopic (exact) mass is 566 g/mol. The van der Waals surface area contributed by atoms with Gasteiger partial charge in [-0.3, -0.25) is 5.10 Å². The first-order valence-electron chi connectivity index (χ1n) is 8.66. The molecule has 1 N–H and O–H groups in total. The van der Waals surface area contributed by atoms with Crippen LogP contribution in [0.25, 0.3) is 16.9 Å². The number of aryl methyl sites for hydroxylation is 2. The molecule has 6 nitrogen and oxygen atoms in total. The zero-order valence-electron chi connectivity index (χ0n) is 15.9. The molecule has 0 aliphatic rings. The maximum Gasteiger partial charge on any atom is 0.354 e. The van der Waals surface area contributed by atoms with E-state index in [9.17, 15) is 4.79 Å². The molecule has 0 bridgehead atoms. The average molecular weight is 566 g/mol. The number of para-hydroxylation sites is 1. The molecule has 1 aromatic carbocycles. The fraction of sp³-hybridized carbons (Fsp3) is 0.0909. The van der Waals surface area contributed by atoms with Gasteiger partial charge in [0, 0.05) is 33.5 Å². The molecule has 7 heteroatoms. The van der Waals surface area contributed by atoms with Crippen LogP contribution in [0.15, 0.2) is 73.2 Å². The minimum absolute atomic E-state index is 0. The van der Waals surface area contributed by atoms with Gasteiger partial charge in [-0.25, -0.2) is 9.78 Å². The SMILES string of the molecule is Cc1cccc(C)c1-n1cc(-c2ccccn2)[c-]n1.O=C(O)c1ccccn1.[Pt]. The van der Waals surface area contributed by atoms with Crippen LogP contribution in [0.1, 0.15) is 21.6 Å². The van der Waals surface area contributed by atoms with Crippen molar-refractivity contribution in [3.63, 3.8) is 0 Å². The van der Waals surface area contributed by atoms with Crippen LogP contribution in [0.2, 0.25) is 0 Å². The third kappa shape index (κ3) is 5.69. The summed E-state index contributed by atoms with van der Waals surface area (Å²) in [5.74, 6) is -0.990. The van der Waals surface area contributed by atoms with Crippen molar-refractivity contribution in [3.8, 4) is 16.9 Å². The van der Waals surface area contributed by atoms with Crippen LogP contribution < -0.4 is 0 Å². The summed E-state index contributed by atoms with van der Waals surface area (Å²) in [6, 6.07) is 16.8. The molecule has 0 fully saturated rings. The van der Waals surface area contributed by atoms with E-state index in [0.717, 1.165) is 16.9 Å². The van der Waals surface area contributed by atoms with Crippen LogP contribution in [0, 0.1) is 20.0 Å². The summed E-state index contributed by atoms with van der Waals surface area (Å²) < 4.78 is 1.87. The van der Waals surface area contributed by atoms with Crippen LogP contribution in [0.4, 0.5) is 0 Å². The minimum atomic E-state index is -0.990. The summed E-state index contributed by atoms with van der Waals surface area (Å²) in [6.07, 6.45) is 8.22. The Morgan fingerprint density at radius 3 is 2.10 bits per heavy atom. The van der Waals surface area contributed by atoms with Crippen LogP contribution in [-0.2, 0) is 21.1 Å². The number of aromatic carboxylic acids is 1. The molecule has 0 saturated carbocycles. The maximum atomic E-state index is 10.1. The fourth-order valence-electron chi connectivity index (χ4n) is 2.70. The molecule has 0 aliphatic heterocycles. The number of carboxylic acids is 1. The topological polar surface area (TPSA) is 80.9 Å². The number of benzene rings is 1. The number of carbonyl (C=O) groups is 1. The van der Waals surface area contributed by atoms with Crippen molar-refractivity contribution in [2.24, 2.45) is 0 Å². The van der Waals surface area contributed by atoms with Gasteiger partial charge in [0.15, 0.2) is 0 Å². The number of pyridine rings is 2.